The predicted molar refractivity (Wildman–Crippen MR) is 102 cm³/mol. The van der Waals surface area contributed by atoms with E-state index in [2.05, 4.69) is 5.32 Å². The van der Waals surface area contributed by atoms with Crippen LogP contribution in [0.5, 0.6) is 11.5 Å². The topological polar surface area (TPSA) is 38.3 Å². The number of rotatable bonds is 4. The van der Waals surface area contributed by atoms with E-state index in [4.69, 9.17) is 4.74 Å². The summed E-state index contributed by atoms with van der Waals surface area (Å²) in [5, 5.41) is 3.26. The number of carbonyl (C=O) groups is 1. The van der Waals surface area contributed by atoms with E-state index >= 15 is 0 Å². The second kappa shape index (κ2) is 7.04. The Morgan fingerprint density at radius 2 is 1.42 bits per heavy atom. The van der Waals surface area contributed by atoms with Gasteiger partial charge >= 0.3 is 0 Å². The van der Waals surface area contributed by atoms with Crippen LogP contribution in [0.3, 0.4) is 0 Å². The summed E-state index contributed by atoms with van der Waals surface area (Å²) >= 11 is 0. The highest BCUT2D eigenvalue weighted by Gasteiger charge is 2.30. The van der Waals surface area contributed by atoms with Gasteiger partial charge in [0.2, 0.25) is 5.91 Å². The summed E-state index contributed by atoms with van der Waals surface area (Å²) in [4.78, 5) is 13.1. The van der Waals surface area contributed by atoms with Gasteiger partial charge in [-0.15, -0.1) is 0 Å². The van der Waals surface area contributed by atoms with Gasteiger partial charge in [0.15, 0.2) is 0 Å². The number of fused-ring (bicyclic) bond motifs is 2. The van der Waals surface area contributed by atoms with Gasteiger partial charge in [-0.05, 0) is 24.1 Å². The summed E-state index contributed by atoms with van der Waals surface area (Å²) < 4.78 is 6.01. The molecular formula is C23H21NO2. The SMILES string of the molecule is CCC(C(=O)NC1c2ccccc2Oc2ccccc21)c1ccccc1. The molecule has 0 aliphatic carbocycles. The molecule has 0 saturated heterocycles. The highest BCUT2D eigenvalue weighted by atomic mass is 16.5. The molecule has 0 bridgehead atoms. The fourth-order valence-electron chi connectivity index (χ4n) is 3.57. The molecule has 1 N–H and O–H groups in total. The highest BCUT2D eigenvalue weighted by Crippen LogP contribution is 2.42. The van der Waals surface area contributed by atoms with Crippen LogP contribution in [-0.4, -0.2) is 5.91 Å². The van der Waals surface area contributed by atoms with Crippen molar-refractivity contribution in [3.63, 3.8) is 0 Å². The highest BCUT2D eigenvalue weighted by molar-refractivity contribution is 5.84. The number of hydrogen-bond donors (Lipinski definition) is 1. The molecule has 1 amide bonds. The van der Waals surface area contributed by atoms with Gasteiger partial charge in [-0.2, -0.15) is 0 Å². The molecule has 1 aliphatic heterocycles. The molecular weight excluding hydrogens is 322 g/mol. The van der Waals surface area contributed by atoms with Gasteiger partial charge in [-0.25, -0.2) is 0 Å². The fraction of sp³-hybridized carbons (Fsp3) is 0.174. The van der Waals surface area contributed by atoms with E-state index < -0.39 is 0 Å². The number of carbonyl (C=O) groups excluding carboxylic acids is 1. The zero-order chi connectivity index (χ0) is 17.9. The van der Waals surface area contributed by atoms with Crippen molar-refractivity contribution in [3.05, 3.63) is 95.6 Å². The van der Waals surface area contributed by atoms with Gasteiger partial charge in [-0.1, -0.05) is 73.7 Å². The third-order valence-corrected chi connectivity index (χ3v) is 4.89. The first-order valence-electron chi connectivity index (χ1n) is 8.99. The second-order valence-corrected chi connectivity index (χ2v) is 6.49. The standard InChI is InChI=1S/C23H21NO2/c1-2-17(16-10-4-3-5-11-16)23(25)24-22-18-12-6-8-14-20(18)26-21-15-9-7-13-19(21)22/h3-15,17,22H,2H2,1H3,(H,24,25). The van der Waals surface area contributed by atoms with Crippen molar-refractivity contribution in [2.75, 3.05) is 0 Å². The summed E-state index contributed by atoms with van der Waals surface area (Å²) in [7, 11) is 0. The Morgan fingerprint density at radius 3 is 2.00 bits per heavy atom. The van der Waals surface area contributed by atoms with E-state index in [1.807, 2.05) is 85.8 Å². The summed E-state index contributed by atoms with van der Waals surface area (Å²) in [5.74, 6) is 1.46. The molecule has 1 unspecified atom stereocenters. The Balaban J connectivity index is 1.68. The lowest BCUT2D eigenvalue weighted by Gasteiger charge is -2.30. The van der Waals surface area contributed by atoms with Crippen molar-refractivity contribution in [3.8, 4) is 11.5 Å². The smallest absolute Gasteiger partial charge is 0.228 e. The summed E-state index contributed by atoms with van der Waals surface area (Å²) in [6.07, 6.45) is 0.752. The minimum Gasteiger partial charge on any atom is -0.457 e. The van der Waals surface area contributed by atoms with Crippen LogP contribution in [0, 0.1) is 0 Å². The molecule has 26 heavy (non-hydrogen) atoms. The van der Waals surface area contributed by atoms with E-state index in [0.717, 1.165) is 34.6 Å². The van der Waals surface area contributed by atoms with Crippen molar-refractivity contribution in [2.24, 2.45) is 0 Å². The number of ether oxygens (including phenoxy) is 1. The van der Waals surface area contributed by atoms with Crippen molar-refractivity contribution >= 4 is 5.91 Å². The maximum absolute atomic E-state index is 13.1. The van der Waals surface area contributed by atoms with E-state index in [1.54, 1.807) is 0 Å². The molecule has 0 radical (unpaired) electrons. The first kappa shape index (κ1) is 16.4. The van der Waals surface area contributed by atoms with Crippen LogP contribution < -0.4 is 10.1 Å². The van der Waals surface area contributed by atoms with Crippen LogP contribution >= 0.6 is 0 Å². The van der Waals surface area contributed by atoms with Crippen molar-refractivity contribution < 1.29 is 9.53 Å². The Kier molecular flexibility index (Phi) is 4.44. The molecule has 3 nitrogen and oxygen atoms in total. The van der Waals surface area contributed by atoms with E-state index in [0.29, 0.717) is 0 Å². The number of nitrogens with one attached hydrogen (secondary N) is 1. The minimum absolute atomic E-state index is 0.0372. The van der Waals surface area contributed by atoms with E-state index in [-0.39, 0.29) is 17.9 Å². The van der Waals surface area contributed by atoms with Crippen molar-refractivity contribution in [1.82, 2.24) is 5.32 Å². The van der Waals surface area contributed by atoms with E-state index in [9.17, 15) is 4.79 Å². The van der Waals surface area contributed by atoms with Crippen LogP contribution in [0.2, 0.25) is 0 Å². The third kappa shape index (κ3) is 2.97. The summed E-state index contributed by atoms with van der Waals surface area (Å²) in [6, 6.07) is 25.5. The lowest BCUT2D eigenvalue weighted by Crippen LogP contribution is -2.34. The molecule has 0 spiro atoms. The van der Waals surface area contributed by atoms with Crippen LogP contribution in [0.4, 0.5) is 0 Å². The van der Waals surface area contributed by atoms with Crippen molar-refractivity contribution in [1.29, 1.82) is 0 Å². The molecule has 0 saturated carbocycles. The Labute approximate surface area is 153 Å². The fourth-order valence-corrected chi connectivity index (χ4v) is 3.57. The van der Waals surface area contributed by atoms with Gasteiger partial charge in [0.05, 0.1) is 12.0 Å². The summed E-state index contributed by atoms with van der Waals surface area (Å²) in [5.41, 5.74) is 3.02. The summed E-state index contributed by atoms with van der Waals surface area (Å²) in [6.45, 7) is 2.04. The van der Waals surface area contributed by atoms with Gasteiger partial charge in [0, 0.05) is 11.1 Å². The van der Waals surface area contributed by atoms with Crippen LogP contribution in [0.1, 0.15) is 42.0 Å². The Morgan fingerprint density at radius 1 is 0.885 bits per heavy atom. The second-order valence-electron chi connectivity index (χ2n) is 6.49. The zero-order valence-electron chi connectivity index (χ0n) is 14.7. The zero-order valence-corrected chi connectivity index (χ0v) is 14.7. The largest absolute Gasteiger partial charge is 0.457 e. The average molecular weight is 343 g/mol. The molecule has 1 heterocycles. The molecule has 1 atom stereocenters. The van der Waals surface area contributed by atoms with Gasteiger partial charge in [0.1, 0.15) is 11.5 Å². The lowest BCUT2D eigenvalue weighted by atomic mass is 9.91. The molecule has 1 aliphatic rings. The van der Waals surface area contributed by atoms with Gasteiger partial charge in [-0.3, -0.25) is 4.79 Å². The van der Waals surface area contributed by atoms with Crippen LogP contribution in [-0.2, 0) is 4.79 Å². The molecule has 4 rings (SSSR count). The molecule has 0 aromatic heterocycles. The monoisotopic (exact) mass is 343 g/mol. The van der Waals surface area contributed by atoms with Crippen LogP contribution in [0.25, 0.3) is 0 Å². The number of hydrogen-bond acceptors (Lipinski definition) is 2. The van der Waals surface area contributed by atoms with Crippen molar-refractivity contribution in [2.45, 2.75) is 25.3 Å². The molecule has 130 valence electrons. The van der Waals surface area contributed by atoms with Gasteiger partial charge in [0.25, 0.3) is 0 Å². The normalized spacial score (nSPS) is 13.9. The maximum Gasteiger partial charge on any atom is 0.228 e. The van der Waals surface area contributed by atoms with Gasteiger partial charge < -0.3 is 10.1 Å². The molecule has 3 aromatic rings. The molecule has 3 aromatic carbocycles. The number of para-hydroxylation sites is 2. The quantitative estimate of drug-likeness (QED) is 0.708. The molecule has 0 fully saturated rings. The first-order valence-corrected chi connectivity index (χ1v) is 8.99. The Bertz CT molecular complexity index is 875. The maximum atomic E-state index is 13.1. The average Bonchev–Trinajstić information content (AvgIpc) is 2.69. The van der Waals surface area contributed by atoms with Crippen LogP contribution in [0.15, 0.2) is 78.9 Å². The predicted octanol–water partition coefficient (Wildman–Crippen LogP) is 5.19. The number of amides is 1. The minimum atomic E-state index is -0.207. The lowest BCUT2D eigenvalue weighted by molar-refractivity contribution is -0.123. The number of benzene rings is 3. The third-order valence-electron chi connectivity index (χ3n) is 4.89. The molecule has 3 heteroatoms. The Hall–Kier alpha value is -3.07. The first-order chi connectivity index (χ1) is 12.8. The van der Waals surface area contributed by atoms with E-state index in [1.165, 1.54) is 0 Å².